The summed E-state index contributed by atoms with van der Waals surface area (Å²) in [5.74, 6) is 0.528. The number of rotatable bonds is 5. The van der Waals surface area contributed by atoms with Gasteiger partial charge >= 0.3 is 6.09 Å². The van der Waals surface area contributed by atoms with Crippen molar-refractivity contribution in [3.05, 3.63) is 59.8 Å². The van der Waals surface area contributed by atoms with Gasteiger partial charge in [-0.25, -0.2) is 4.79 Å². The number of methoxy groups -OCH3 is 1. The standard InChI is InChI=1S/C21H21N3O4/c1-13(14-4-3-5-16(10-14)24-8-9-28-21(24)26)22-20(25)19-11-15-6-7-17(27-2)12-18(15)23-19/h3-7,10-13,23H,8-9H2,1-2H3,(H,22,25). The summed E-state index contributed by atoms with van der Waals surface area (Å²) in [6.45, 7) is 2.83. The summed E-state index contributed by atoms with van der Waals surface area (Å²) in [5.41, 5.74) is 2.99. The van der Waals surface area contributed by atoms with E-state index in [1.54, 1.807) is 12.0 Å². The molecule has 2 N–H and O–H groups in total. The van der Waals surface area contributed by atoms with Gasteiger partial charge in [-0.15, -0.1) is 0 Å². The van der Waals surface area contributed by atoms with Crippen LogP contribution in [0.3, 0.4) is 0 Å². The molecule has 1 unspecified atom stereocenters. The van der Waals surface area contributed by atoms with Gasteiger partial charge in [0.15, 0.2) is 0 Å². The molecular formula is C21H21N3O4. The lowest BCUT2D eigenvalue weighted by atomic mass is 10.1. The molecule has 28 heavy (non-hydrogen) atoms. The number of ether oxygens (including phenoxy) is 2. The molecule has 1 fully saturated rings. The molecule has 7 heteroatoms. The Morgan fingerprint density at radius 1 is 1.25 bits per heavy atom. The second-order valence-electron chi connectivity index (χ2n) is 6.69. The lowest BCUT2D eigenvalue weighted by Gasteiger charge is -2.18. The third kappa shape index (κ3) is 3.38. The van der Waals surface area contributed by atoms with Gasteiger partial charge in [-0.2, -0.15) is 0 Å². The molecule has 1 saturated heterocycles. The number of aromatic amines is 1. The van der Waals surface area contributed by atoms with Crippen molar-refractivity contribution in [2.24, 2.45) is 0 Å². The largest absolute Gasteiger partial charge is 0.497 e. The summed E-state index contributed by atoms with van der Waals surface area (Å²) in [6, 6.07) is 14.7. The van der Waals surface area contributed by atoms with Crippen LogP contribution < -0.4 is 15.0 Å². The molecule has 2 amide bonds. The molecule has 1 aliphatic heterocycles. The number of nitrogens with one attached hydrogen (secondary N) is 2. The number of anilines is 1. The van der Waals surface area contributed by atoms with E-state index in [-0.39, 0.29) is 18.0 Å². The molecule has 144 valence electrons. The molecule has 1 atom stereocenters. The van der Waals surface area contributed by atoms with Crippen molar-refractivity contribution in [3.63, 3.8) is 0 Å². The molecule has 1 aliphatic rings. The maximum absolute atomic E-state index is 12.7. The Morgan fingerprint density at radius 3 is 2.86 bits per heavy atom. The van der Waals surface area contributed by atoms with Crippen LogP contribution in [0.2, 0.25) is 0 Å². The smallest absolute Gasteiger partial charge is 0.414 e. The number of cyclic esters (lactones) is 1. The van der Waals surface area contributed by atoms with E-state index in [0.29, 0.717) is 18.8 Å². The first kappa shape index (κ1) is 17.9. The summed E-state index contributed by atoms with van der Waals surface area (Å²) < 4.78 is 10.2. The number of carbonyl (C=O) groups excluding carboxylic acids is 2. The molecule has 1 aromatic heterocycles. The lowest BCUT2D eigenvalue weighted by Crippen LogP contribution is -2.27. The Hall–Kier alpha value is -3.48. The zero-order valence-corrected chi connectivity index (χ0v) is 15.7. The van der Waals surface area contributed by atoms with E-state index in [0.717, 1.165) is 27.9 Å². The predicted octanol–water partition coefficient (Wildman–Crippen LogP) is 3.62. The number of carbonyl (C=O) groups is 2. The zero-order valence-electron chi connectivity index (χ0n) is 15.7. The van der Waals surface area contributed by atoms with Crippen LogP contribution in [0.25, 0.3) is 10.9 Å². The number of fused-ring (bicyclic) bond motifs is 1. The van der Waals surface area contributed by atoms with Crippen molar-refractivity contribution in [3.8, 4) is 5.75 Å². The van der Waals surface area contributed by atoms with Gasteiger partial charge < -0.3 is 19.8 Å². The highest BCUT2D eigenvalue weighted by molar-refractivity contribution is 5.98. The van der Waals surface area contributed by atoms with Gasteiger partial charge in [-0.1, -0.05) is 12.1 Å². The highest BCUT2D eigenvalue weighted by Crippen LogP contribution is 2.24. The quantitative estimate of drug-likeness (QED) is 0.709. The molecule has 2 heterocycles. The van der Waals surface area contributed by atoms with Crippen molar-refractivity contribution < 1.29 is 19.1 Å². The Kier molecular flexibility index (Phi) is 4.65. The third-order valence-electron chi connectivity index (χ3n) is 4.86. The number of H-pyrrole nitrogens is 1. The minimum Gasteiger partial charge on any atom is -0.497 e. The van der Waals surface area contributed by atoms with Crippen LogP contribution in [0.15, 0.2) is 48.5 Å². The molecule has 0 spiro atoms. The van der Waals surface area contributed by atoms with Crippen LogP contribution in [0.5, 0.6) is 5.75 Å². The first-order chi connectivity index (χ1) is 13.5. The number of amides is 2. The van der Waals surface area contributed by atoms with Gasteiger partial charge in [0.2, 0.25) is 0 Å². The molecule has 0 bridgehead atoms. The van der Waals surface area contributed by atoms with E-state index in [9.17, 15) is 9.59 Å². The maximum Gasteiger partial charge on any atom is 0.414 e. The second kappa shape index (κ2) is 7.26. The first-order valence-electron chi connectivity index (χ1n) is 9.07. The first-order valence-corrected chi connectivity index (χ1v) is 9.07. The zero-order chi connectivity index (χ0) is 19.7. The lowest BCUT2D eigenvalue weighted by molar-refractivity contribution is 0.0935. The Labute approximate surface area is 162 Å². The van der Waals surface area contributed by atoms with Gasteiger partial charge in [0, 0.05) is 22.7 Å². The SMILES string of the molecule is COc1ccc2cc(C(=O)NC(C)c3cccc(N4CCOC4=O)c3)[nH]c2c1. The van der Waals surface area contributed by atoms with Gasteiger partial charge in [0.1, 0.15) is 18.1 Å². The summed E-state index contributed by atoms with van der Waals surface area (Å²) in [4.78, 5) is 29.2. The summed E-state index contributed by atoms with van der Waals surface area (Å²) >= 11 is 0. The van der Waals surface area contributed by atoms with Crippen LogP contribution in [-0.2, 0) is 4.74 Å². The third-order valence-corrected chi connectivity index (χ3v) is 4.86. The summed E-state index contributed by atoms with van der Waals surface area (Å²) in [7, 11) is 1.61. The van der Waals surface area contributed by atoms with Crippen molar-refractivity contribution in [2.45, 2.75) is 13.0 Å². The number of nitrogens with zero attached hydrogens (tertiary/aromatic N) is 1. The molecule has 7 nitrogen and oxygen atoms in total. The maximum atomic E-state index is 12.7. The second-order valence-corrected chi connectivity index (χ2v) is 6.69. The van der Waals surface area contributed by atoms with E-state index >= 15 is 0 Å². The predicted molar refractivity (Wildman–Crippen MR) is 106 cm³/mol. The monoisotopic (exact) mass is 379 g/mol. The molecule has 4 rings (SSSR count). The fourth-order valence-electron chi connectivity index (χ4n) is 3.30. The van der Waals surface area contributed by atoms with Gasteiger partial charge in [-0.05, 0) is 42.8 Å². The van der Waals surface area contributed by atoms with Crippen LogP contribution in [0, 0.1) is 0 Å². The minimum atomic E-state index is -0.345. The fraction of sp³-hybridized carbons (Fsp3) is 0.238. The highest BCUT2D eigenvalue weighted by atomic mass is 16.6. The average molecular weight is 379 g/mol. The van der Waals surface area contributed by atoms with Gasteiger partial charge in [0.25, 0.3) is 5.91 Å². The number of hydrogen-bond acceptors (Lipinski definition) is 4. The van der Waals surface area contributed by atoms with E-state index in [1.807, 2.05) is 55.5 Å². The van der Waals surface area contributed by atoms with E-state index in [2.05, 4.69) is 10.3 Å². The van der Waals surface area contributed by atoms with Crippen molar-refractivity contribution in [1.29, 1.82) is 0 Å². The van der Waals surface area contributed by atoms with Crippen LogP contribution in [0.1, 0.15) is 29.0 Å². The number of hydrogen-bond donors (Lipinski definition) is 2. The van der Waals surface area contributed by atoms with Crippen molar-refractivity contribution in [2.75, 3.05) is 25.2 Å². The normalized spacial score (nSPS) is 14.8. The average Bonchev–Trinajstić information content (AvgIpc) is 3.33. The van der Waals surface area contributed by atoms with Gasteiger partial charge in [0.05, 0.1) is 19.7 Å². The Balaban J connectivity index is 1.51. The van der Waals surface area contributed by atoms with Crippen LogP contribution in [0.4, 0.5) is 10.5 Å². The van der Waals surface area contributed by atoms with Crippen LogP contribution >= 0.6 is 0 Å². The molecule has 2 aromatic carbocycles. The molecule has 0 radical (unpaired) electrons. The van der Waals surface area contributed by atoms with E-state index in [4.69, 9.17) is 9.47 Å². The molecular weight excluding hydrogens is 358 g/mol. The Bertz CT molecular complexity index is 1040. The molecule has 0 saturated carbocycles. The van der Waals surface area contributed by atoms with Crippen molar-refractivity contribution >= 4 is 28.6 Å². The van der Waals surface area contributed by atoms with E-state index in [1.165, 1.54) is 0 Å². The van der Waals surface area contributed by atoms with Crippen LogP contribution in [-0.4, -0.2) is 37.2 Å². The van der Waals surface area contributed by atoms with E-state index < -0.39 is 0 Å². The number of benzene rings is 2. The van der Waals surface area contributed by atoms with Gasteiger partial charge in [-0.3, -0.25) is 9.69 Å². The highest BCUT2D eigenvalue weighted by Gasteiger charge is 2.24. The summed E-state index contributed by atoms with van der Waals surface area (Å²) in [6.07, 6.45) is -0.345. The number of aromatic nitrogens is 1. The molecule has 3 aromatic rings. The summed E-state index contributed by atoms with van der Waals surface area (Å²) in [5, 5.41) is 3.93. The topological polar surface area (TPSA) is 83.7 Å². The minimum absolute atomic E-state index is 0.200. The fourth-order valence-corrected chi connectivity index (χ4v) is 3.30. The Morgan fingerprint density at radius 2 is 2.11 bits per heavy atom. The molecule has 0 aliphatic carbocycles. The van der Waals surface area contributed by atoms with Crippen molar-refractivity contribution in [1.82, 2.24) is 10.3 Å².